The average molecular weight is 271 g/mol. The summed E-state index contributed by atoms with van der Waals surface area (Å²) in [5.41, 5.74) is 6.01. The zero-order valence-electron chi connectivity index (χ0n) is 9.88. The van der Waals surface area contributed by atoms with E-state index in [1.165, 1.54) is 13.2 Å². The van der Waals surface area contributed by atoms with Gasteiger partial charge in [0.1, 0.15) is 5.70 Å². The Hall–Kier alpha value is -1.85. The quantitative estimate of drug-likeness (QED) is 0.623. The first kappa shape index (κ1) is 16.1. The molecular formula is C12H15ClN2O3. The molecule has 0 aliphatic carbocycles. The molecule has 0 bridgehead atoms. The molecule has 0 atom stereocenters. The molecule has 3 N–H and O–H groups in total. The Balaban J connectivity index is 0.00000289. The summed E-state index contributed by atoms with van der Waals surface area (Å²) in [5, 5.41) is 2.39. The smallest absolute Gasteiger partial charge is 0.354 e. The highest BCUT2D eigenvalue weighted by Crippen LogP contribution is 2.05. The second-order valence-electron chi connectivity index (χ2n) is 3.21. The number of esters is 1. The molecule has 0 spiro atoms. The number of ether oxygens (including phenoxy) is 1. The molecule has 18 heavy (non-hydrogen) atoms. The molecule has 0 fully saturated rings. The number of nitrogens with one attached hydrogen (secondary N) is 1. The largest absolute Gasteiger partial charge is 0.464 e. The van der Waals surface area contributed by atoms with Crippen molar-refractivity contribution in [1.82, 2.24) is 5.32 Å². The Morgan fingerprint density at radius 2 is 1.94 bits per heavy atom. The first-order valence-corrected chi connectivity index (χ1v) is 5.02. The predicted molar refractivity (Wildman–Crippen MR) is 70.9 cm³/mol. The van der Waals surface area contributed by atoms with Gasteiger partial charge in [0.25, 0.3) is 0 Å². The van der Waals surface area contributed by atoms with Gasteiger partial charge in [0.2, 0.25) is 5.91 Å². The maximum Gasteiger partial charge on any atom is 0.354 e. The highest BCUT2D eigenvalue weighted by atomic mass is 35.5. The van der Waals surface area contributed by atoms with Crippen LogP contribution in [-0.4, -0.2) is 25.5 Å². The molecule has 1 aromatic carbocycles. The van der Waals surface area contributed by atoms with Crippen molar-refractivity contribution in [1.29, 1.82) is 0 Å². The van der Waals surface area contributed by atoms with Crippen LogP contribution in [0.1, 0.15) is 5.56 Å². The van der Waals surface area contributed by atoms with E-state index in [-0.39, 0.29) is 24.6 Å². The summed E-state index contributed by atoms with van der Waals surface area (Å²) >= 11 is 0. The molecule has 1 amide bonds. The number of hydrogen-bond donors (Lipinski definition) is 2. The fraction of sp³-hybridized carbons (Fsp3) is 0.167. The number of halogens is 1. The molecule has 0 aliphatic rings. The third-order valence-electron chi connectivity index (χ3n) is 1.98. The minimum Gasteiger partial charge on any atom is -0.464 e. The van der Waals surface area contributed by atoms with Gasteiger partial charge in [0, 0.05) is 0 Å². The molecule has 1 rings (SSSR count). The Bertz CT molecular complexity index is 432. The second-order valence-corrected chi connectivity index (χ2v) is 3.21. The lowest BCUT2D eigenvalue weighted by atomic mass is 10.2. The predicted octanol–water partition coefficient (Wildman–Crippen LogP) is 0.697. The summed E-state index contributed by atoms with van der Waals surface area (Å²) in [5.74, 6) is -1.06. The number of hydrogen-bond acceptors (Lipinski definition) is 4. The Morgan fingerprint density at radius 1 is 1.33 bits per heavy atom. The first-order chi connectivity index (χ1) is 8.17. The maximum absolute atomic E-state index is 11.4. The van der Waals surface area contributed by atoms with Crippen LogP contribution < -0.4 is 11.1 Å². The summed E-state index contributed by atoms with van der Waals surface area (Å²) in [4.78, 5) is 22.6. The molecule has 0 aromatic heterocycles. The van der Waals surface area contributed by atoms with E-state index in [0.29, 0.717) is 0 Å². The van der Waals surface area contributed by atoms with Gasteiger partial charge in [-0.2, -0.15) is 0 Å². The van der Waals surface area contributed by atoms with E-state index in [1.54, 1.807) is 12.1 Å². The van der Waals surface area contributed by atoms with Crippen LogP contribution in [0.15, 0.2) is 36.0 Å². The molecule has 0 heterocycles. The summed E-state index contributed by atoms with van der Waals surface area (Å²) in [6.07, 6.45) is 1.53. The van der Waals surface area contributed by atoms with Crippen LogP contribution >= 0.6 is 12.4 Å². The highest BCUT2D eigenvalue weighted by molar-refractivity contribution is 5.98. The van der Waals surface area contributed by atoms with Gasteiger partial charge in [0.05, 0.1) is 13.7 Å². The molecule has 6 heteroatoms. The Kier molecular flexibility index (Phi) is 7.42. The van der Waals surface area contributed by atoms with Crippen LogP contribution in [0.3, 0.4) is 0 Å². The van der Waals surface area contributed by atoms with E-state index in [1.807, 2.05) is 18.2 Å². The summed E-state index contributed by atoms with van der Waals surface area (Å²) in [7, 11) is 1.25. The SMILES string of the molecule is COC(=O)C(=Cc1ccccc1)NC(=O)CN.Cl. The van der Waals surface area contributed by atoms with Crippen LogP contribution in [0.5, 0.6) is 0 Å². The summed E-state index contributed by atoms with van der Waals surface area (Å²) < 4.78 is 4.57. The monoisotopic (exact) mass is 270 g/mol. The van der Waals surface area contributed by atoms with Gasteiger partial charge in [-0.15, -0.1) is 12.4 Å². The Morgan fingerprint density at radius 3 is 2.44 bits per heavy atom. The minimum absolute atomic E-state index is 0. The minimum atomic E-state index is -0.615. The molecule has 0 unspecified atom stereocenters. The molecule has 98 valence electrons. The van der Waals surface area contributed by atoms with Crippen molar-refractivity contribution in [3.05, 3.63) is 41.6 Å². The van der Waals surface area contributed by atoms with Crippen molar-refractivity contribution >= 4 is 30.4 Å². The van der Waals surface area contributed by atoms with Crippen molar-refractivity contribution in [2.75, 3.05) is 13.7 Å². The van der Waals surface area contributed by atoms with Crippen molar-refractivity contribution < 1.29 is 14.3 Å². The number of nitrogens with two attached hydrogens (primary N) is 1. The van der Waals surface area contributed by atoms with Crippen LogP contribution in [0.25, 0.3) is 6.08 Å². The molecule has 0 saturated carbocycles. The number of carbonyl (C=O) groups is 2. The molecular weight excluding hydrogens is 256 g/mol. The number of benzene rings is 1. The van der Waals surface area contributed by atoms with Gasteiger partial charge < -0.3 is 15.8 Å². The zero-order valence-corrected chi connectivity index (χ0v) is 10.7. The number of amides is 1. The average Bonchev–Trinajstić information content (AvgIpc) is 2.38. The van der Waals surface area contributed by atoms with Crippen LogP contribution in [-0.2, 0) is 14.3 Å². The molecule has 0 aliphatic heterocycles. The first-order valence-electron chi connectivity index (χ1n) is 5.02. The van der Waals surface area contributed by atoms with Crippen molar-refractivity contribution in [3.63, 3.8) is 0 Å². The molecule has 1 aromatic rings. The van der Waals surface area contributed by atoms with Crippen molar-refractivity contribution in [2.45, 2.75) is 0 Å². The fourth-order valence-electron chi connectivity index (χ4n) is 1.17. The standard InChI is InChI=1S/C12H14N2O3.ClH/c1-17-12(16)10(14-11(15)8-13)7-9-5-3-2-4-6-9;/h2-7H,8,13H2,1H3,(H,14,15);1H. The molecule has 0 radical (unpaired) electrons. The van der Waals surface area contributed by atoms with Gasteiger partial charge >= 0.3 is 5.97 Å². The van der Waals surface area contributed by atoms with Crippen molar-refractivity contribution in [3.8, 4) is 0 Å². The van der Waals surface area contributed by atoms with Gasteiger partial charge in [-0.1, -0.05) is 30.3 Å². The van der Waals surface area contributed by atoms with Gasteiger partial charge in [-0.3, -0.25) is 4.79 Å². The van der Waals surface area contributed by atoms with Gasteiger partial charge in [-0.25, -0.2) is 4.79 Å². The number of rotatable bonds is 4. The van der Waals surface area contributed by atoms with Crippen LogP contribution in [0.4, 0.5) is 0 Å². The van der Waals surface area contributed by atoms with Gasteiger partial charge in [0.15, 0.2) is 0 Å². The molecule has 5 nitrogen and oxygen atoms in total. The van der Waals surface area contributed by atoms with E-state index in [4.69, 9.17) is 5.73 Å². The van der Waals surface area contributed by atoms with E-state index in [9.17, 15) is 9.59 Å². The summed E-state index contributed by atoms with van der Waals surface area (Å²) in [6, 6.07) is 9.11. The lowest BCUT2D eigenvalue weighted by Gasteiger charge is -2.06. The van der Waals surface area contributed by atoms with E-state index < -0.39 is 11.9 Å². The molecule has 0 saturated heterocycles. The Labute approximate surface area is 111 Å². The van der Waals surface area contributed by atoms with E-state index >= 15 is 0 Å². The third kappa shape index (κ3) is 4.99. The van der Waals surface area contributed by atoms with Gasteiger partial charge in [-0.05, 0) is 11.6 Å². The number of methoxy groups -OCH3 is 1. The lowest BCUT2D eigenvalue weighted by molar-refractivity contribution is -0.137. The fourth-order valence-corrected chi connectivity index (χ4v) is 1.17. The highest BCUT2D eigenvalue weighted by Gasteiger charge is 2.12. The number of carbonyl (C=O) groups excluding carboxylic acids is 2. The topological polar surface area (TPSA) is 81.4 Å². The normalized spacial score (nSPS) is 10.2. The third-order valence-corrected chi connectivity index (χ3v) is 1.98. The summed E-state index contributed by atoms with van der Waals surface area (Å²) in [6.45, 7) is -0.191. The van der Waals surface area contributed by atoms with Crippen molar-refractivity contribution in [2.24, 2.45) is 5.73 Å². The second kappa shape index (κ2) is 8.27. The maximum atomic E-state index is 11.4. The van der Waals surface area contributed by atoms with E-state index in [2.05, 4.69) is 10.1 Å². The van der Waals surface area contributed by atoms with E-state index in [0.717, 1.165) is 5.56 Å². The van der Waals surface area contributed by atoms with Crippen LogP contribution in [0, 0.1) is 0 Å². The lowest BCUT2D eigenvalue weighted by Crippen LogP contribution is -2.33. The zero-order chi connectivity index (χ0) is 12.7. The van der Waals surface area contributed by atoms with Crippen LogP contribution in [0.2, 0.25) is 0 Å².